The second-order valence-electron chi connectivity index (χ2n) is 3.87. The van der Waals surface area contributed by atoms with E-state index >= 15 is 0 Å². The Labute approximate surface area is 102 Å². The van der Waals surface area contributed by atoms with E-state index < -0.39 is 6.10 Å². The Balaban J connectivity index is 2.78. The molecule has 88 valence electrons. The Hall–Kier alpha value is -0.970. The van der Waals surface area contributed by atoms with Crippen molar-refractivity contribution in [3.8, 4) is 0 Å². The molecule has 0 heterocycles. The van der Waals surface area contributed by atoms with Crippen LogP contribution in [0.5, 0.6) is 0 Å². The molecule has 0 radical (unpaired) electrons. The van der Waals surface area contributed by atoms with E-state index in [1.54, 1.807) is 7.05 Å². The monoisotopic (exact) mass is 238 g/mol. The van der Waals surface area contributed by atoms with Crippen molar-refractivity contribution in [3.63, 3.8) is 0 Å². The minimum absolute atomic E-state index is 0.132. The van der Waals surface area contributed by atoms with E-state index in [1.165, 1.54) is 11.1 Å². The molecule has 3 nitrogen and oxygen atoms in total. The first-order valence-electron chi connectivity index (χ1n) is 5.25. The number of nitrogens with one attached hydrogen (secondary N) is 1. The Kier molecular flexibility index (Phi) is 4.86. The normalized spacial score (nSPS) is 14.4. The molecule has 1 unspecified atom stereocenters. The average molecular weight is 238 g/mol. The maximum atomic E-state index is 9.81. The standard InChI is InChI=1S/C12H18N2OS/c1-8-5-3-4-6-9(8)7-10(14-2)11(15)12(13)16/h3-6,10-11,14-15H,7H2,1-2H3,(H2,13,16)/t10-,11?/m0/s1. The summed E-state index contributed by atoms with van der Waals surface area (Å²) in [6, 6.07) is 7.94. The highest BCUT2D eigenvalue weighted by atomic mass is 32.1. The van der Waals surface area contributed by atoms with Crippen LogP contribution in [0.2, 0.25) is 0 Å². The summed E-state index contributed by atoms with van der Waals surface area (Å²) >= 11 is 4.80. The number of rotatable bonds is 5. The molecule has 0 saturated carbocycles. The number of nitrogens with two attached hydrogens (primary N) is 1. The third-order valence-electron chi connectivity index (χ3n) is 2.74. The molecule has 0 aliphatic heterocycles. The Morgan fingerprint density at radius 3 is 2.62 bits per heavy atom. The van der Waals surface area contributed by atoms with Gasteiger partial charge in [0.2, 0.25) is 0 Å². The number of benzene rings is 1. The van der Waals surface area contributed by atoms with Gasteiger partial charge in [0, 0.05) is 6.04 Å². The molecule has 0 aliphatic rings. The number of aliphatic hydroxyl groups is 1. The van der Waals surface area contributed by atoms with Crippen LogP contribution >= 0.6 is 12.2 Å². The second kappa shape index (κ2) is 5.94. The van der Waals surface area contributed by atoms with Crippen LogP contribution in [0, 0.1) is 6.92 Å². The summed E-state index contributed by atoms with van der Waals surface area (Å²) in [7, 11) is 1.80. The van der Waals surface area contributed by atoms with Crippen molar-refractivity contribution in [1.29, 1.82) is 0 Å². The van der Waals surface area contributed by atoms with Gasteiger partial charge < -0.3 is 16.2 Å². The third-order valence-corrected chi connectivity index (χ3v) is 2.99. The van der Waals surface area contributed by atoms with Crippen molar-refractivity contribution in [1.82, 2.24) is 5.32 Å². The van der Waals surface area contributed by atoms with Gasteiger partial charge in [0.15, 0.2) is 0 Å². The Morgan fingerprint density at radius 2 is 2.12 bits per heavy atom. The lowest BCUT2D eigenvalue weighted by atomic mass is 9.98. The molecule has 4 heteroatoms. The molecule has 0 spiro atoms. The topological polar surface area (TPSA) is 58.3 Å². The Morgan fingerprint density at radius 1 is 1.50 bits per heavy atom. The van der Waals surface area contributed by atoms with Gasteiger partial charge in [0.25, 0.3) is 0 Å². The fourth-order valence-corrected chi connectivity index (χ4v) is 1.81. The molecule has 0 amide bonds. The van der Waals surface area contributed by atoms with E-state index in [4.69, 9.17) is 18.0 Å². The number of aliphatic hydroxyl groups excluding tert-OH is 1. The first kappa shape index (κ1) is 13.1. The van der Waals surface area contributed by atoms with Gasteiger partial charge in [-0.2, -0.15) is 0 Å². The van der Waals surface area contributed by atoms with Crippen LogP contribution in [0.4, 0.5) is 0 Å². The summed E-state index contributed by atoms with van der Waals surface area (Å²) < 4.78 is 0. The van der Waals surface area contributed by atoms with Crippen molar-refractivity contribution in [2.75, 3.05) is 7.05 Å². The van der Waals surface area contributed by atoms with Crippen LogP contribution in [-0.2, 0) is 6.42 Å². The van der Waals surface area contributed by atoms with E-state index in [2.05, 4.69) is 18.3 Å². The number of hydrogen-bond donors (Lipinski definition) is 3. The lowest BCUT2D eigenvalue weighted by Gasteiger charge is -2.22. The first-order chi connectivity index (χ1) is 7.56. The minimum atomic E-state index is -0.792. The number of likely N-dealkylation sites (N-methyl/N-ethyl adjacent to an activating group) is 1. The summed E-state index contributed by atoms with van der Waals surface area (Å²) in [6.07, 6.45) is -0.0820. The molecule has 0 bridgehead atoms. The maximum Gasteiger partial charge on any atom is 0.119 e. The van der Waals surface area contributed by atoms with Crippen LogP contribution in [0.15, 0.2) is 24.3 Å². The summed E-state index contributed by atoms with van der Waals surface area (Å²) in [5.41, 5.74) is 7.84. The van der Waals surface area contributed by atoms with Gasteiger partial charge in [-0.1, -0.05) is 36.5 Å². The molecule has 0 saturated heterocycles. The van der Waals surface area contributed by atoms with Gasteiger partial charge in [-0.05, 0) is 31.5 Å². The molecule has 0 fully saturated rings. The Bertz CT molecular complexity index is 368. The van der Waals surface area contributed by atoms with Crippen LogP contribution in [0.1, 0.15) is 11.1 Å². The zero-order valence-corrected chi connectivity index (χ0v) is 10.4. The lowest BCUT2D eigenvalue weighted by molar-refractivity contribution is 0.194. The quantitative estimate of drug-likeness (QED) is 0.663. The minimum Gasteiger partial charge on any atom is -0.391 e. The van der Waals surface area contributed by atoms with Crippen LogP contribution in [0.3, 0.4) is 0 Å². The number of thiocarbonyl (C=S) groups is 1. The van der Waals surface area contributed by atoms with Crippen LogP contribution in [-0.4, -0.2) is 29.3 Å². The smallest absolute Gasteiger partial charge is 0.119 e. The van der Waals surface area contributed by atoms with Crippen LogP contribution < -0.4 is 11.1 Å². The molecule has 4 N–H and O–H groups in total. The van der Waals surface area contributed by atoms with Crippen molar-refractivity contribution < 1.29 is 5.11 Å². The average Bonchev–Trinajstić information content (AvgIpc) is 2.27. The maximum absolute atomic E-state index is 9.81. The summed E-state index contributed by atoms with van der Waals surface area (Å²) in [4.78, 5) is 0.132. The molecule has 0 aromatic heterocycles. The van der Waals surface area contributed by atoms with Gasteiger partial charge in [0.1, 0.15) is 11.1 Å². The third kappa shape index (κ3) is 3.27. The van der Waals surface area contributed by atoms with E-state index in [1.807, 2.05) is 18.2 Å². The van der Waals surface area contributed by atoms with Gasteiger partial charge >= 0.3 is 0 Å². The lowest BCUT2D eigenvalue weighted by Crippen LogP contribution is -2.46. The van der Waals surface area contributed by atoms with Crippen molar-refractivity contribution in [2.45, 2.75) is 25.5 Å². The van der Waals surface area contributed by atoms with Gasteiger partial charge in [-0.15, -0.1) is 0 Å². The van der Waals surface area contributed by atoms with Crippen molar-refractivity contribution >= 4 is 17.2 Å². The summed E-state index contributed by atoms with van der Waals surface area (Å²) in [6.45, 7) is 2.05. The molecule has 1 rings (SSSR count). The van der Waals surface area contributed by atoms with Gasteiger partial charge in [0.05, 0.1) is 0 Å². The predicted octanol–water partition coefficient (Wildman–Crippen LogP) is 0.773. The molecular weight excluding hydrogens is 220 g/mol. The number of aryl methyl sites for hydroxylation is 1. The molecule has 16 heavy (non-hydrogen) atoms. The molecule has 1 aromatic rings. The van der Waals surface area contributed by atoms with E-state index in [0.29, 0.717) is 6.42 Å². The fourth-order valence-electron chi connectivity index (χ4n) is 1.65. The van der Waals surface area contributed by atoms with Gasteiger partial charge in [-0.3, -0.25) is 0 Å². The van der Waals surface area contributed by atoms with Crippen LogP contribution in [0.25, 0.3) is 0 Å². The van der Waals surface area contributed by atoms with Crippen molar-refractivity contribution in [3.05, 3.63) is 35.4 Å². The summed E-state index contributed by atoms with van der Waals surface area (Å²) in [5, 5.41) is 12.9. The fraction of sp³-hybridized carbons (Fsp3) is 0.417. The van der Waals surface area contributed by atoms with E-state index in [9.17, 15) is 5.11 Å². The van der Waals surface area contributed by atoms with Gasteiger partial charge in [-0.25, -0.2) is 0 Å². The molecule has 1 aromatic carbocycles. The highest BCUT2D eigenvalue weighted by molar-refractivity contribution is 7.80. The highest BCUT2D eigenvalue weighted by Crippen LogP contribution is 2.11. The molecular formula is C12H18N2OS. The SMILES string of the molecule is CN[C@@H](Cc1ccccc1C)C(O)C(N)=S. The zero-order valence-electron chi connectivity index (χ0n) is 9.60. The molecule has 2 atom stereocenters. The largest absolute Gasteiger partial charge is 0.391 e. The zero-order chi connectivity index (χ0) is 12.1. The predicted molar refractivity (Wildman–Crippen MR) is 70.5 cm³/mol. The molecule has 0 aliphatic carbocycles. The van der Waals surface area contributed by atoms with Crippen molar-refractivity contribution in [2.24, 2.45) is 5.73 Å². The summed E-state index contributed by atoms with van der Waals surface area (Å²) in [5.74, 6) is 0. The first-order valence-corrected chi connectivity index (χ1v) is 5.66. The second-order valence-corrected chi connectivity index (χ2v) is 4.34. The highest BCUT2D eigenvalue weighted by Gasteiger charge is 2.20. The van der Waals surface area contributed by atoms with E-state index in [0.717, 1.165) is 0 Å². The van der Waals surface area contributed by atoms with E-state index in [-0.39, 0.29) is 11.0 Å². The number of hydrogen-bond acceptors (Lipinski definition) is 3.